The van der Waals surface area contributed by atoms with Crippen molar-refractivity contribution in [3.8, 4) is 28.6 Å². The highest BCUT2D eigenvalue weighted by Crippen LogP contribution is 2.26. The van der Waals surface area contributed by atoms with Gasteiger partial charge in [-0.05, 0) is 18.2 Å². The van der Waals surface area contributed by atoms with Crippen LogP contribution < -0.4 is 0 Å². The third kappa shape index (κ3) is 2.57. The summed E-state index contributed by atoms with van der Waals surface area (Å²) >= 11 is 0. The van der Waals surface area contributed by atoms with Crippen molar-refractivity contribution in [2.45, 2.75) is 0 Å². The number of aromatic hydroxyl groups is 1. The van der Waals surface area contributed by atoms with Crippen molar-refractivity contribution < 1.29 is 14.6 Å². The van der Waals surface area contributed by atoms with E-state index in [1.165, 1.54) is 24.3 Å². The maximum absolute atomic E-state index is 10.8. The van der Waals surface area contributed by atoms with Crippen LogP contribution in [0.2, 0.25) is 0 Å². The molecule has 0 saturated heterocycles. The molecule has 0 aliphatic heterocycles. The number of nitro groups is 1. The van der Waals surface area contributed by atoms with Crippen LogP contribution in [0.25, 0.3) is 22.8 Å². The summed E-state index contributed by atoms with van der Waals surface area (Å²) in [6, 6.07) is 12.4. The van der Waals surface area contributed by atoms with E-state index in [-0.39, 0.29) is 17.3 Å². The van der Waals surface area contributed by atoms with Crippen molar-refractivity contribution in [3.05, 3.63) is 58.6 Å². The number of benzene rings is 2. The van der Waals surface area contributed by atoms with Crippen molar-refractivity contribution in [2.24, 2.45) is 0 Å². The molecule has 7 heteroatoms. The van der Waals surface area contributed by atoms with Crippen LogP contribution >= 0.6 is 0 Å². The van der Waals surface area contributed by atoms with Gasteiger partial charge >= 0.3 is 0 Å². The monoisotopic (exact) mass is 283 g/mol. The molecule has 0 atom stereocenters. The smallest absolute Gasteiger partial charge is 0.270 e. The Morgan fingerprint density at radius 3 is 2.62 bits per heavy atom. The summed E-state index contributed by atoms with van der Waals surface area (Å²) in [6.07, 6.45) is 0. The molecule has 0 fully saturated rings. The van der Waals surface area contributed by atoms with Crippen molar-refractivity contribution >= 4 is 5.69 Å². The normalized spacial score (nSPS) is 10.5. The third-order valence-electron chi connectivity index (χ3n) is 2.83. The molecule has 1 N–H and O–H groups in total. The van der Waals surface area contributed by atoms with Crippen LogP contribution in [0.1, 0.15) is 0 Å². The van der Waals surface area contributed by atoms with Crippen LogP contribution in [0, 0.1) is 10.1 Å². The number of non-ortho nitro benzene ring substituents is 1. The number of phenols is 1. The number of rotatable bonds is 3. The average molecular weight is 283 g/mol. The minimum atomic E-state index is -0.490. The fraction of sp³-hybridized carbons (Fsp3) is 0. The molecule has 3 rings (SSSR count). The van der Waals surface area contributed by atoms with E-state index in [9.17, 15) is 15.2 Å². The van der Waals surface area contributed by atoms with Crippen LogP contribution in [0.5, 0.6) is 5.75 Å². The van der Waals surface area contributed by atoms with Gasteiger partial charge in [-0.25, -0.2) is 0 Å². The van der Waals surface area contributed by atoms with Crippen molar-refractivity contribution in [2.75, 3.05) is 0 Å². The molecule has 0 saturated carbocycles. The molecule has 0 spiro atoms. The second kappa shape index (κ2) is 5.04. The number of hydrogen-bond donors (Lipinski definition) is 1. The third-order valence-corrected chi connectivity index (χ3v) is 2.83. The summed E-state index contributed by atoms with van der Waals surface area (Å²) in [5.41, 5.74) is 1.00. The van der Waals surface area contributed by atoms with Crippen LogP contribution in [0.15, 0.2) is 53.1 Å². The highest BCUT2D eigenvalue weighted by molar-refractivity contribution is 5.62. The molecule has 104 valence electrons. The Kier molecular flexibility index (Phi) is 3.07. The predicted molar refractivity (Wildman–Crippen MR) is 73.5 cm³/mol. The number of aromatic nitrogens is 2. The van der Waals surface area contributed by atoms with Gasteiger partial charge in [0.2, 0.25) is 5.82 Å². The summed E-state index contributed by atoms with van der Waals surface area (Å²) in [7, 11) is 0. The molecule has 0 unspecified atom stereocenters. The first kappa shape index (κ1) is 12.8. The SMILES string of the molecule is O=[N+]([O-])c1cccc(-c2nc(-c3cccc(O)c3)no2)c1. The van der Waals surface area contributed by atoms with Gasteiger partial charge in [-0.15, -0.1) is 0 Å². The summed E-state index contributed by atoms with van der Waals surface area (Å²) in [4.78, 5) is 14.5. The fourth-order valence-corrected chi connectivity index (χ4v) is 1.86. The topological polar surface area (TPSA) is 102 Å². The first-order valence-corrected chi connectivity index (χ1v) is 6.01. The molecule has 0 bridgehead atoms. The second-order valence-electron chi connectivity index (χ2n) is 4.28. The Bertz CT molecular complexity index is 813. The maximum atomic E-state index is 10.8. The standard InChI is InChI=1S/C14H9N3O4/c18-12-6-2-3-9(8-12)13-15-14(21-16-13)10-4-1-5-11(7-10)17(19)20/h1-8,18H. The molecule has 0 aliphatic carbocycles. The lowest BCUT2D eigenvalue weighted by molar-refractivity contribution is -0.384. The van der Waals surface area contributed by atoms with Gasteiger partial charge in [-0.2, -0.15) is 4.98 Å². The molecule has 21 heavy (non-hydrogen) atoms. The number of phenolic OH excluding ortho intramolecular Hbond substituents is 1. The first-order valence-electron chi connectivity index (χ1n) is 6.01. The van der Waals surface area contributed by atoms with Crippen molar-refractivity contribution in [1.29, 1.82) is 0 Å². The number of nitrogens with zero attached hydrogens (tertiary/aromatic N) is 3. The quantitative estimate of drug-likeness (QED) is 0.585. The number of hydrogen-bond acceptors (Lipinski definition) is 6. The van der Waals surface area contributed by atoms with Gasteiger partial charge in [-0.1, -0.05) is 23.4 Å². The van der Waals surface area contributed by atoms with Crippen LogP contribution in [0.3, 0.4) is 0 Å². The molecule has 0 radical (unpaired) electrons. The Balaban J connectivity index is 1.98. The summed E-state index contributed by atoms with van der Waals surface area (Å²) in [5, 5.41) is 24.0. The minimum Gasteiger partial charge on any atom is -0.508 e. The summed E-state index contributed by atoms with van der Waals surface area (Å²) in [6.45, 7) is 0. The highest BCUT2D eigenvalue weighted by Gasteiger charge is 2.14. The van der Waals surface area contributed by atoms with E-state index in [1.807, 2.05) is 0 Å². The van der Waals surface area contributed by atoms with Crippen molar-refractivity contribution in [1.82, 2.24) is 10.1 Å². The van der Waals surface area contributed by atoms with E-state index in [1.54, 1.807) is 24.3 Å². The molecule has 7 nitrogen and oxygen atoms in total. The van der Waals surface area contributed by atoms with E-state index in [2.05, 4.69) is 10.1 Å². The Morgan fingerprint density at radius 2 is 1.86 bits per heavy atom. The highest BCUT2D eigenvalue weighted by atomic mass is 16.6. The van der Waals surface area contributed by atoms with Crippen LogP contribution in [0.4, 0.5) is 5.69 Å². The van der Waals surface area contributed by atoms with Gasteiger partial charge < -0.3 is 9.63 Å². The molecule has 1 heterocycles. The summed E-state index contributed by atoms with van der Waals surface area (Å²) < 4.78 is 5.11. The van der Waals surface area contributed by atoms with Gasteiger partial charge in [0.1, 0.15) is 5.75 Å². The molecular formula is C14H9N3O4. The first-order chi connectivity index (χ1) is 10.1. The molecule has 3 aromatic rings. The Hall–Kier alpha value is -3.22. The van der Waals surface area contributed by atoms with E-state index in [0.717, 1.165) is 0 Å². The molecule has 1 aromatic heterocycles. The Labute approximate surface area is 118 Å². The van der Waals surface area contributed by atoms with Gasteiger partial charge in [0.25, 0.3) is 11.6 Å². The van der Waals surface area contributed by atoms with Crippen LogP contribution in [-0.4, -0.2) is 20.2 Å². The zero-order chi connectivity index (χ0) is 14.8. The zero-order valence-corrected chi connectivity index (χ0v) is 10.6. The molecule has 0 aliphatic rings. The maximum Gasteiger partial charge on any atom is 0.270 e. The average Bonchev–Trinajstić information content (AvgIpc) is 2.97. The lowest BCUT2D eigenvalue weighted by Crippen LogP contribution is -1.88. The van der Waals surface area contributed by atoms with Gasteiger partial charge in [0, 0.05) is 23.3 Å². The fourth-order valence-electron chi connectivity index (χ4n) is 1.86. The van der Waals surface area contributed by atoms with Crippen molar-refractivity contribution in [3.63, 3.8) is 0 Å². The minimum absolute atomic E-state index is 0.0513. The lowest BCUT2D eigenvalue weighted by Gasteiger charge is -1.95. The predicted octanol–water partition coefficient (Wildman–Crippen LogP) is 3.02. The van der Waals surface area contributed by atoms with Crippen LogP contribution in [-0.2, 0) is 0 Å². The van der Waals surface area contributed by atoms with Gasteiger partial charge in [0.05, 0.1) is 4.92 Å². The van der Waals surface area contributed by atoms with E-state index in [4.69, 9.17) is 4.52 Å². The second-order valence-corrected chi connectivity index (χ2v) is 4.28. The largest absolute Gasteiger partial charge is 0.508 e. The Morgan fingerprint density at radius 1 is 1.10 bits per heavy atom. The van der Waals surface area contributed by atoms with E-state index in [0.29, 0.717) is 17.0 Å². The summed E-state index contributed by atoms with van der Waals surface area (Å²) in [5.74, 6) is 0.568. The van der Waals surface area contributed by atoms with Gasteiger partial charge in [0.15, 0.2) is 0 Å². The number of nitro benzene ring substituents is 1. The molecule has 0 amide bonds. The van der Waals surface area contributed by atoms with E-state index < -0.39 is 4.92 Å². The van der Waals surface area contributed by atoms with E-state index >= 15 is 0 Å². The zero-order valence-electron chi connectivity index (χ0n) is 10.6. The lowest BCUT2D eigenvalue weighted by atomic mass is 10.2. The van der Waals surface area contributed by atoms with Gasteiger partial charge in [-0.3, -0.25) is 10.1 Å². The molecule has 2 aromatic carbocycles. The molecular weight excluding hydrogens is 274 g/mol.